The number of nitrogens with one attached hydrogen (secondary N) is 1. The van der Waals surface area contributed by atoms with Crippen LogP contribution in [0, 0.1) is 0 Å². The molecule has 0 unspecified atom stereocenters. The number of hydrogen-bond donors (Lipinski definition) is 1. The molecule has 0 spiro atoms. The number of aromatic nitrogens is 5. The maximum atomic E-state index is 5.22. The second-order valence-corrected chi connectivity index (χ2v) is 6.22. The van der Waals surface area contributed by atoms with Gasteiger partial charge in [-0.25, -0.2) is 4.68 Å². The Bertz CT molecular complexity index is 554. The number of unbranched alkanes of at least 4 members (excludes halogenated alkanes) is 1. The highest BCUT2D eigenvalue weighted by Crippen LogP contribution is 2.05. The molecule has 0 radical (unpaired) electrons. The molecule has 0 amide bonds. The number of rotatable bonds is 7. The quantitative estimate of drug-likeness (QED) is 0.840. The first kappa shape index (κ1) is 15.6. The first-order chi connectivity index (χ1) is 9.96. The van der Waals surface area contributed by atoms with E-state index >= 15 is 0 Å². The van der Waals surface area contributed by atoms with E-state index in [4.69, 9.17) is 4.52 Å². The third kappa shape index (κ3) is 5.26. The summed E-state index contributed by atoms with van der Waals surface area (Å²) in [6.45, 7) is 9.65. The summed E-state index contributed by atoms with van der Waals surface area (Å²) >= 11 is 0. The molecule has 0 aliphatic rings. The molecule has 0 saturated carbocycles. The molecule has 2 rings (SSSR count). The maximum absolute atomic E-state index is 5.22. The minimum absolute atomic E-state index is 0.0600. The van der Waals surface area contributed by atoms with E-state index in [9.17, 15) is 0 Å². The molecule has 0 saturated heterocycles. The standard InChI is InChI=1S/C14H24N6O/c1-5-6-7-12-16-13(21-18-12)10-20-9-11(17-19-20)8-15-14(2,3)4/h9,15H,5-8,10H2,1-4H3. The van der Waals surface area contributed by atoms with Crippen molar-refractivity contribution in [3.63, 3.8) is 0 Å². The smallest absolute Gasteiger partial charge is 0.248 e. The van der Waals surface area contributed by atoms with Crippen molar-refractivity contribution >= 4 is 0 Å². The van der Waals surface area contributed by atoms with Gasteiger partial charge in [0, 0.05) is 18.5 Å². The van der Waals surface area contributed by atoms with Crippen LogP contribution in [-0.4, -0.2) is 30.7 Å². The molecule has 0 aromatic carbocycles. The molecule has 7 nitrogen and oxygen atoms in total. The zero-order valence-corrected chi connectivity index (χ0v) is 13.3. The second-order valence-electron chi connectivity index (χ2n) is 6.22. The highest BCUT2D eigenvalue weighted by atomic mass is 16.5. The van der Waals surface area contributed by atoms with Crippen LogP contribution in [0.25, 0.3) is 0 Å². The Kier molecular flexibility index (Phi) is 5.06. The molecule has 21 heavy (non-hydrogen) atoms. The van der Waals surface area contributed by atoms with Crippen LogP contribution in [0.3, 0.4) is 0 Å². The lowest BCUT2D eigenvalue weighted by molar-refractivity contribution is 0.359. The van der Waals surface area contributed by atoms with Crippen molar-refractivity contribution in [1.29, 1.82) is 0 Å². The van der Waals surface area contributed by atoms with Gasteiger partial charge in [0.25, 0.3) is 0 Å². The van der Waals surface area contributed by atoms with Crippen molar-refractivity contribution < 1.29 is 4.52 Å². The summed E-state index contributed by atoms with van der Waals surface area (Å²) in [5.41, 5.74) is 0.959. The first-order valence-electron chi connectivity index (χ1n) is 7.42. The van der Waals surface area contributed by atoms with E-state index in [2.05, 4.69) is 53.5 Å². The monoisotopic (exact) mass is 292 g/mol. The molecule has 116 valence electrons. The van der Waals surface area contributed by atoms with E-state index < -0.39 is 0 Å². The summed E-state index contributed by atoms with van der Waals surface area (Å²) < 4.78 is 6.94. The molecule has 0 fully saturated rings. The average molecular weight is 292 g/mol. The zero-order valence-electron chi connectivity index (χ0n) is 13.3. The van der Waals surface area contributed by atoms with Crippen LogP contribution in [0.5, 0.6) is 0 Å². The lowest BCUT2D eigenvalue weighted by Crippen LogP contribution is -2.35. The van der Waals surface area contributed by atoms with Gasteiger partial charge in [-0.1, -0.05) is 23.7 Å². The molecule has 2 aromatic heterocycles. The van der Waals surface area contributed by atoms with E-state index in [1.165, 1.54) is 0 Å². The second kappa shape index (κ2) is 6.80. The molecule has 7 heteroatoms. The number of hydrogen-bond acceptors (Lipinski definition) is 6. The van der Waals surface area contributed by atoms with Gasteiger partial charge in [0.2, 0.25) is 5.89 Å². The van der Waals surface area contributed by atoms with Gasteiger partial charge in [-0.3, -0.25) is 0 Å². The molecule has 1 N–H and O–H groups in total. The van der Waals surface area contributed by atoms with Crippen molar-refractivity contribution in [3.8, 4) is 0 Å². The van der Waals surface area contributed by atoms with Gasteiger partial charge in [-0.15, -0.1) is 5.10 Å². The Morgan fingerprint density at radius 1 is 1.33 bits per heavy atom. The van der Waals surface area contributed by atoms with Crippen molar-refractivity contribution in [2.75, 3.05) is 0 Å². The normalized spacial score (nSPS) is 12.0. The van der Waals surface area contributed by atoms with Gasteiger partial charge < -0.3 is 9.84 Å². The molecule has 0 atom stereocenters. The summed E-state index contributed by atoms with van der Waals surface area (Å²) in [7, 11) is 0. The van der Waals surface area contributed by atoms with Crippen molar-refractivity contribution in [3.05, 3.63) is 23.6 Å². The minimum Gasteiger partial charge on any atom is -0.337 e. The summed E-state index contributed by atoms with van der Waals surface area (Å²) in [6.07, 6.45) is 4.95. The summed E-state index contributed by atoms with van der Waals surface area (Å²) in [5.74, 6) is 1.34. The van der Waals surface area contributed by atoms with Gasteiger partial charge in [-0.2, -0.15) is 4.98 Å². The van der Waals surface area contributed by atoms with Crippen LogP contribution in [0.4, 0.5) is 0 Å². The first-order valence-corrected chi connectivity index (χ1v) is 7.42. The average Bonchev–Trinajstić information content (AvgIpc) is 3.03. The van der Waals surface area contributed by atoms with Crippen LogP contribution in [0.1, 0.15) is 57.9 Å². The zero-order chi connectivity index (χ0) is 15.3. The van der Waals surface area contributed by atoms with Gasteiger partial charge >= 0.3 is 0 Å². The molecule has 0 aliphatic carbocycles. The predicted molar refractivity (Wildman–Crippen MR) is 78.6 cm³/mol. The Morgan fingerprint density at radius 3 is 2.86 bits per heavy atom. The largest absolute Gasteiger partial charge is 0.337 e. The molecule has 0 bridgehead atoms. The molecular weight excluding hydrogens is 268 g/mol. The van der Waals surface area contributed by atoms with Gasteiger partial charge in [-0.05, 0) is 27.2 Å². The fourth-order valence-electron chi connectivity index (χ4n) is 1.78. The molecule has 0 aliphatic heterocycles. The third-order valence-corrected chi connectivity index (χ3v) is 2.95. The van der Waals surface area contributed by atoms with Crippen LogP contribution in [-0.2, 0) is 19.5 Å². The molecule has 2 aromatic rings. The van der Waals surface area contributed by atoms with Crippen LogP contribution in [0.2, 0.25) is 0 Å². The predicted octanol–water partition coefficient (Wildman–Crippen LogP) is 1.94. The summed E-state index contributed by atoms with van der Waals surface area (Å²) in [6, 6.07) is 0. The van der Waals surface area contributed by atoms with Crippen LogP contribution >= 0.6 is 0 Å². The van der Waals surface area contributed by atoms with Crippen molar-refractivity contribution in [1.82, 2.24) is 30.5 Å². The molecule has 2 heterocycles. The van der Waals surface area contributed by atoms with Gasteiger partial charge in [0.15, 0.2) is 5.82 Å². The highest BCUT2D eigenvalue weighted by Gasteiger charge is 2.11. The maximum Gasteiger partial charge on any atom is 0.248 e. The van der Waals surface area contributed by atoms with E-state index in [1.807, 2.05) is 6.20 Å². The van der Waals surface area contributed by atoms with E-state index in [1.54, 1.807) is 4.68 Å². The Balaban J connectivity index is 1.88. The van der Waals surface area contributed by atoms with E-state index in [0.717, 1.165) is 30.8 Å². The lowest BCUT2D eigenvalue weighted by Gasteiger charge is -2.19. The fraction of sp³-hybridized carbons (Fsp3) is 0.714. The highest BCUT2D eigenvalue weighted by molar-refractivity contribution is 4.95. The van der Waals surface area contributed by atoms with E-state index in [0.29, 0.717) is 19.0 Å². The van der Waals surface area contributed by atoms with Crippen LogP contribution in [0.15, 0.2) is 10.7 Å². The Labute approximate surface area is 125 Å². The summed E-state index contributed by atoms with van der Waals surface area (Å²) in [4.78, 5) is 4.36. The number of nitrogens with zero attached hydrogens (tertiary/aromatic N) is 5. The SMILES string of the molecule is CCCCc1noc(Cn2cc(CNC(C)(C)C)nn2)n1. The van der Waals surface area contributed by atoms with Crippen LogP contribution < -0.4 is 5.32 Å². The van der Waals surface area contributed by atoms with Gasteiger partial charge in [0.05, 0.1) is 11.9 Å². The van der Waals surface area contributed by atoms with Crippen molar-refractivity contribution in [2.24, 2.45) is 0 Å². The minimum atomic E-state index is 0.0600. The lowest BCUT2D eigenvalue weighted by atomic mass is 10.1. The molecular formula is C14H24N6O. The Morgan fingerprint density at radius 2 is 2.14 bits per heavy atom. The van der Waals surface area contributed by atoms with Gasteiger partial charge in [0.1, 0.15) is 6.54 Å². The summed E-state index contributed by atoms with van der Waals surface area (Å²) in [5, 5.41) is 15.6. The topological polar surface area (TPSA) is 81.7 Å². The fourth-order valence-corrected chi connectivity index (χ4v) is 1.78. The third-order valence-electron chi connectivity index (χ3n) is 2.95. The Hall–Kier alpha value is -1.76. The number of aryl methyl sites for hydroxylation is 1. The van der Waals surface area contributed by atoms with Crippen molar-refractivity contribution in [2.45, 2.75) is 65.6 Å². The van der Waals surface area contributed by atoms with E-state index in [-0.39, 0.29) is 5.54 Å².